The SMILES string of the molecule is Cc1ccc(Nc2nc(N3CCN(c4ccccn4)CC3)nc3c2C(=O)CC(C)C3)cc1. The third-order valence-electron chi connectivity index (χ3n) is 6.18. The first-order valence-corrected chi connectivity index (χ1v) is 11.3. The second kappa shape index (κ2) is 8.57. The number of ketones is 1. The van der Waals surface area contributed by atoms with Gasteiger partial charge in [0.2, 0.25) is 5.95 Å². The number of nitrogens with one attached hydrogen (secondary N) is 1. The molecule has 32 heavy (non-hydrogen) atoms. The van der Waals surface area contributed by atoms with Crippen LogP contribution in [-0.2, 0) is 6.42 Å². The van der Waals surface area contributed by atoms with Crippen molar-refractivity contribution in [1.29, 1.82) is 0 Å². The average Bonchev–Trinajstić information content (AvgIpc) is 2.80. The van der Waals surface area contributed by atoms with Gasteiger partial charge in [0, 0.05) is 44.5 Å². The zero-order chi connectivity index (χ0) is 22.1. The maximum absolute atomic E-state index is 12.9. The highest BCUT2D eigenvalue weighted by atomic mass is 16.1. The summed E-state index contributed by atoms with van der Waals surface area (Å²) < 4.78 is 0. The fraction of sp³-hybridized carbons (Fsp3) is 0.360. The predicted octanol–water partition coefficient (Wildman–Crippen LogP) is 4.02. The monoisotopic (exact) mass is 428 g/mol. The number of fused-ring (bicyclic) bond motifs is 1. The van der Waals surface area contributed by atoms with Crippen LogP contribution in [0.2, 0.25) is 0 Å². The fourth-order valence-corrected chi connectivity index (χ4v) is 4.44. The quantitative estimate of drug-likeness (QED) is 0.673. The molecule has 3 heterocycles. The number of piperazine rings is 1. The summed E-state index contributed by atoms with van der Waals surface area (Å²) in [6.07, 6.45) is 3.17. The van der Waals surface area contributed by atoms with E-state index in [1.54, 1.807) is 0 Å². The van der Waals surface area contributed by atoms with Gasteiger partial charge in [0.05, 0.1) is 11.3 Å². The summed E-state index contributed by atoms with van der Waals surface area (Å²) in [5.41, 5.74) is 3.63. The van der Waals surface area contributed by atoms with E-state index < -0.39 is 0 Å². The van der Waals surface area contributed by atoms with E-state index in [2.05, 4.69) is 46.1 Å². The molecule has 164 valence electrons. The minimum Gasteiger partial charge on any atom is -0.353 e. The maximum atomic E-state index is 12.9. The van der Waals surface area contributed by atoms with Crippen molar-refractivity contribution < 1.29 is 4.79 Å². The van der Waals surface area contributed by atoms with Crippen molar-refractivity contribution >= 4 is 29.1 Å². The van der Waals surface area contributed by atoms with Crippen LogP contribution < -0.4 is 15.1 Å². The molecule has 1 aromatic carbocycles. The van der Waals surface area contributed by atoms with Gasteiger partial charge in [-0.15, -0.1) is 0 Å². The number of rotatable bonds is 4. The van der Waals surface area contributed by atoms with Gasteiger partial charge in [0.1, 0.15) is 11.6 Å². The first-order chi connectivity index (χ1) is 15.6. The summed E-state index contributed by atoms with van der Waals surface area (Å²) in [5, 5.41) is 3.40. The second-order valence-corrected chi connectivity index (χ2v) is 8.78. The summed E-state index contributed by atoms with van der Waals surface area (Å²) in [5.74, 6) is 2.74. The number of anilines is 4. The third kappa shape index (κ3) is 4.15. The van der Waals surface area contributed by atoms with Crippen LogP contribution >= 0.6 is 0 Å². The highest BCUT2D eigenvalue weighted by Crippen LogP contribution is 2.32. The molecule has 2 aliphatic rings. The zero-order valence-electron chi connectivity index (χ0n) is 18.6. The number of benzene rings is 1. The first-order valence-electron chi connectivity index (χ1n) is 11.3. The van der Waals surface area contributed by atoms with Crippen LogP contribution in [0.3, 0.4) is 0 Å². The van der Waals surface area contributed by atoms with Crippen molar-refractivity contribution in [1.82, 2.24) is 15.0 Å². The number of carbonyl (C=O) groups is 1. The topological polar surface area (TPSA) is 74.2 Å². The molecule has 1 fully saturated rings. The van der Waals surface area contributed by atoms with Crippen molar-refractivity contribution in [3.05, 3.63) is 65.5 Å². The molecule has 1 aliphatic heterocycles. The molecule has 7 nitrogen and oxygen atoms in total. The van der Waals surface area contributed by atoms with Crippen molar-refractivity contribution in [2.24, 2.45) is 5.92 Å². The van der Waals surface area contributed by atoms with Gasteiger partial charge >= 0.3 is 0 Å². The molecule has 2 aromatic heterocycles. The zero-order valence-corrected chi connectivity index (χ0v) is 18.6. The Morgan fingerprint density at radius 2 is 1.69 bits per heavy atom. The van der Waals surface area contributed by atoms with Gasteiger partial charge in [-0.25, -0.2) is 9.97 Å². The lowest BCUT2D eigenvalue weighted by Crippen LogP contribution is -2.47. The smallest absolute Gasteiger partial charge is 0.227 e. The Kier molecular flexibility index (Phi) is 5.47. The normalized spacial score (nSPS) is 18.4. The largest absolute Gasteiger partial charge is 0.353 e. The summed E-state index contributed by atoms with van der Waals surface area (Å²) in [6.45, 7) is 7.50. The molecule has 5 rings (SSSR count). The lowest BCUT2D eigenvalue weighted by atomic mass is 9.87. The number of aromatic nitrogens is 3. The van der Waals surface area contributed by atoms with Gasteiger partial charge in [0.15, 0.2) is 5.78 Å². The fourth-order valence-electron chi connectivity index (χ4n) is 4.44. The van der Waals surface area contributed by atoms with E-state index >= 15 is 0 Å². The number of carbonyl (C=O) groups excluding carboxylic acids is 1. The average molecular weight is 429 g/mol. The minimum atomic E-state index is 0.125. The molecule has 1 unspecified atom stereocenters. The molecular formula is C25H28N6O. The maximum Gasteiger partial charge on any atom is 0.227 e. The molecule has 0 spiro atoms. The van der Waals surface area contributed by atoms with E-state index in [-0.39, 0.29) is 5.78 Å². The molecule has 0 saturated carbocycles. The molecule has 3 aromatic rings. The second-order valence-electron chi connectivity index (χ2n) is 8.78. The number of Topliss-reactive ketones (excluding diaryl/α,β-unsaturated/α-hetero) is 1. The standard InChI is InChI=1S/C25H28N6O/c1-17-6-8-19(9-7-17)27-24-23-20(15-18(2)16-21(23)32)28-25(29-24)31-13-11-30(12-14-31)22-5-3-4-10-26-22/h3-10,18H,11-16H2,1-2H3,(H,27,28,29). The third-order valence-corrected chi connectivity index (χ3v) is 6.18. The van der Waals surface area contributed by atoms with E-state index in [0.29, 0.717) is 29.7 Å². The van der Waals surface area contributed by atoms with Gasteiger partial charge in [-0.1, -0.05) is 30.7 Å². The van der Waals surface area contributed by atoms with Gasteiger partial charge in [-0.2, -0.15) is 4.98 Å². The van der Waals surface area contributed by atoms with Crippen LogP contribution in [0.1, 0.15) is 35.0 Å². The van der Waals surface area contributed by atoms with Crippen LogP contribution in [0, 0.1) is 12.8 Å². The molecule has 1 aliphatic carbocycles. The molecule has 0 bridgehead atoms. The summed E-state index contributed by atoms with van der Waals surface area (Å²) in [7, 11) is 0. The van der Waals surface area contributed by atoms with Gasteiger partial charge in [0.25, 0.3) is 0 Å². The molecule has 1 atom stereocenters. The molecule has 0 radical (unpaired) electrons. The van der Waals surface area contributed by atoms with Gasteiger partial charge in [-0.05, 0) is 43.5 Å². The van der Waals surface area contributed by atoms with Crippen LogP contribution in [-0.4, -0.2) is 46.9 Å². The molecule has 1 saturated heterocycles. The van der Waals surface area contributed by atoms with Crippen LogP contribution in [0.5, 0.6) is 0 Å². The summed E-state index contributed by atoms with van der Waals surface area (Å²) in [4.78, 5) is 31.6. The van der Waals surface area contributed by atoms with E-state index in [0.717, 1.165) is 49.8 Å². The number of aryl methyl sites for hydroxylation is 1. The molecule has 1 N–H and O–H groups in total. The Morgan fingerprint density at radius 1 is 0.938 bits per heavy atom. The Labute approximate surface area is 188 Å². The highest BCUT2D eigenvalue weighted by Gasteiger charge is 2.30. The van der Waals surface area contributed by atoms with Crippen LogP contribution in [0.4, 0.5) is 23.3 Å². The van der Waals surface area contributed by atoms with Gasteiger partial charge in [-0.3, -0.25) is 4.79 Å². The van der Waals surface area contributed by atoms with Crippen LogP contribution in [0.25, 0.3) is 0 Å². The predicted molar refractivity (Wildman–Crippen MR) is 127 cm³/mol. The Hall–Kier alpha value is -3.48. The van der Waals surface area contributed by atoms with E-state index in [4.69, 9.17) is 9.97 Å². The first kappa shape index (κ1) is 20.4. The van der Waals surface area contributed by atoms with Crippen molar-refractivity contribution in [2.45, 2.75) is 26.7 Å². The van der Waals surface area contributed by atoms with E-state index in [1.165, 1.54) is 5.56 Å². The number of hydrogen-bond acceptors (Lipinski definition) is 7. The number of hydrogen-bond donors (Lipinski definition) is 1. The Morgan fingerprint density at radius 3 is 2.41 bits per heavy atom. The van der Waals surface area contributed by atoms with E-state index in [9.17, 15) is 4.79 Å². The summed E-state index contributed by atoms with van der Waals surface area (Å²) in [6, 6.07) is 14.1. The van der Waals surface area contributed by atoms with E-state index in [1.807, 2.05) is 36.5 Å². The molecule has 0 amide bonds. The Balaban J connectivity index is 1.43. The minimum absolute atomic E-state index is 0.125. The number of nitrogens with zero attached hydrogens (tertiary/aromatic N) is 5. The van der Waals surface area contributed by atoms with Crippen molar-refractivity contribution in [3.8, 4) is 0 Å². The molecular weight excluding hydrogens is 400 g/mol. The Bertz CT molecular complexity index is 1110. The summed E-state index contributed by atoms with van der Waals surface area (Å²) >= 11 is 0. The lowest BCUT2D eigenvalue weighted by Gasteiger charge is -2.36. The van der Waals surface area contributed by atoms with Crippen molar-refractivity contribution in [3.63, 3.8) is 0 Å². The lowest BCUT2D eigenvalue weighted by molar-refractivity contribution is 0.0952. The molecule has 7 heteroatoms. The van der Waals surface area contributed by atoms with Crippen LogP contribution in [0.15, 0.2) is 48.7 Å². The highest BCUT2D eigenvalue weighted by molar-refractivity contribution is 6.03. The van der Waals surface area contributed by atoms with Gasteiger partial charge < -0.3 is 15.1 Å². The number of pyridine rings is 1. The van der Waals surface area contributed by atoms with Crippen molar-refractivity contribution in [2.75, 3.05) is 41.3 Å².